The standard InChI is InChI=1S/C28H38N2O2/c1-17(19-6-4-18(15-31)5-7-19)25-22-9-8-20-14-21-10-13-27(11-2-3-12-27)26(21)29-24(20)23(22)28(32)16-30(25)28/h4-7,15,17,20-26,29,32H,2-3,8-14,16H2,1H3/t17-,20-,21+,22+,23-,24-,25-,26+,28+,30?/m1/s1. The van der Waals surface area contributed by atoms with E-state index in [2.05, 4.69) is 29.3 Å². The Morgan fingerprint density at radius 3 is 2.62 bits per heavy atom. The minimum Gasteiger partial charge on any atom is -0.374 e. The molecule has 0 bridgehead atoms. The van der Waals surface area contributed by atoms with Gasteiger partial charge in [0.05, 0.1) is 0 Å². The first-order chi connectivity index (χ1) is 15.5. The van der Waals surface area contributed by atoms with Gasteiger partial charge in [0, 0.05) is 36.2 Å². The van der Waals surface area contributed by atoms with Gasteiger partial charge in [0.1, 0.15) is 12.0 Å². The number of aliphatic hydroxyl groups is 1. The van der Waals surface area contributed by atoms with Crippen LogP contribution < -0.4 is 5.32 Å². The van der Waals surface area contributed by atoms with Gasteiger partial charge in [0.2, 0.25) is 0 Å². The number of carbonyl (C=O) groups is 1. The molecule has 0 aromatic heterocycles. The van der Waals surface area contributed by atoms with Crippen molar-refractivity contribution in [2.45, 2.75) is 94.5 Å². The van der Waals surface area contributed by atoms with Crippen molar-refractivity contribution in [1.29, 1.82) is 0 Å². The zero-order chi connectivity index (χ0) is 21.7. The molecule has 1 aromatic carbocycles. The Morgan fingerprint density at radius 1 is 1.09 bits per heavy atom. The number of nitrogens with one attached hydrogen (secondary N) is 1. The van der Waals surface area contributed by atoms with E-state index in [1.165, 1.54) is 63.4 Å². The van der Waals surface area contributed by atoms with Crippen molar-refractivity contribution < 1.29 is 9.90 Å². The second-order valence-electron chi connectivity index (χ2n) is 12.4. The molecule has 172 valence electrons. The number of benzene rings is 1. The van der Waals surface area contributed by atoms with Crippen molar-refractivity contribution >= 4 is 6.29 Å². The van der Waals surface area contributed by atoms with Crippen molar-refractivity contribution in [3.63, 3.8) is 0 Å². The maximum Gasteiger partial charge on any atom is 0.150 e. The first-order valence-electron chi connectivity index (χ1n) is 13.3. The highest BCUT2D eigenvalue weighted by atomic mass is 16.3. The minimum atomic E-state index is -0.586. The van der Waals surface area contributed by atoms with Crippen molar-refractivity contribution in [2.24, 2.45) is 29.1 Å². The molecule has 6 fully saturated rings. The quantitative estimate of drug-likeness (QED) is 0.549. The maximum absolute atomic E-state index is 11.8. The second kappa shape index (κ2) is 6.90. The molecule has 10 atom stereocenters. The first-order valence-corrected chi connectivity index (χ1v) is 13.3. The van der Waals surface area contributed by atoms with Crippen LogP contribution in [-0.4, -0.2) is 46.7 Å². The largest absolute Gasteiger partial charge is 0.374 e. The van der Waals surface area contributed by atoms with Crippen LogP contribution in [0.3, 0.4) is 0 Å². The summed E-state index contributed by atoms with van der Waals surface area (Å²) in [5, 5.41) is 16.1. The molecule has 6 aliphatic rings. The summed E-state index contributed by atoms with van der Waals surface area (Å²) in [6.07, 6.45) is 13.5. The average Bonchev–Trinajstić information content (AvgIpc) is 3.14. The molecule has 3 heterocycles. The fourth-order valence-corrected chi connectivity index (χ4v) is 9.76. The fourth-order valence-electron chi connectivity index (χ4n) is 9.76. The number of rotatable bonds is 3. The molecular weight excluding hydrogens is 396 g/mol. The molecule has 32 heavy (non-hydrogen) atoms. The number of nitrogens with zero attached hydrogens (tertiary/aromatic N) is 1. The van der Waals surface area contributed by atoms with Crippen LogP contribution in [0.5, 0.6) is 0 Å². The Balaban J connectivity index is 1.17. The number of aldehydes is 1. The molecule has 4 nitrogen and oxygen atoms in total. The Hall–Kier alpha value is -1.23. The van der Waals surface area contributed by atoms with Gasteiger partial charge in [0.25, 0.3) is 0 Å². The van der Waals surface area contributed by atoms with Gasteiger partial charge in [-0.3, -0.25) is 9.69 Å². The normalized spacial score (nSPS) is 48.6. The fraction of sp³-hybridized carbons (Fsp3) is 0.750. The van der Waals surface area contributed by atoms with Crippen LogP contribution in [0, 0.1) is 29.1 Å². The van der Waals surface area contributed by atoms with Crippen molar-refractivity contribution in [2.75, 3.05) is 6.54 Å². The van der Waals surface area contributed by atoms with Gasteiger partial charge >= 0.3 is 0 Å². The van der Waals surface area contributed by atoms with Gasteiger partial charge in [-0.2, -0.15) is 0 Å². The molecule has 0 amide bonds. The van der Waals surface area contributed by atoms with Crippen molar-refractivity contribution in [1.82, 2.24) is 10.2 Å². The van der Waals surface area contributed by atoms with E-state index >= 15 is 0 Å². The van der Waals surface area contributed by atoms with E-state index in [1.807, 2.05) is 12.1 Å². The van der Waals surface area contributed by atoms with Crippen LogP contribution in [0.4, 0.5) is 0 Å². The molecule has 7 rings (SSSR count). The Morgan fingerprint density at radius 2 is 1.88 bits per heavy atom. The maximum atomic E-state index is 11.8. The summed E-state index contributed by atoms with van der Waals surface area (Å²) in [7, 11) is 0. The van der Waals surface area contributed by atoms with E-state index in [1.54, 1.807) is 0 Å². The van der Waals surface area contributed by atoms with Gasteiger partial charge in [-0.15, -0.1) is 0 Å². The average molecular weight is 435 g/mol. The van der Waals surface area contributed by atoms with Crippen LogP contribution in [-0.2, 0) is 0 Å². The molecule has 1 aromatic rings. The van der Waals surface area contributed by atoms with Gasteiger partial charge < -0.3 is 10.4 Å². The lowest BCUT2D eigenvalue weighted by molar-refractivity contribution is -0.0315. The molecule has 3 aliphatic carbocycles. The molecule has 3 aliphatic heterocycles. The third-order valence-corrected chi connectivity index (χ3v) is 11.2. The molecule has 1 spiro atoms. The minimum absolute atomic E-state index is 0.375. The Labute approximate surface area is 192 Å². The van der Waals surface area contributed by atoms with Crippen LogP contribution >= 0.6 is 0 Å². The van der Waals surface area contributed by atoms with Crippen LogP contribution in [0.2, 0.25) is 0 Å². The molecule has 4 heteroatoms. The summed E-state index contributed by atoms with van der Waals surface area (Å²) in [6, 6.07) is 9.75. The van der Waals surface area contributed by atoms with E-state index in [4.69, 9.17) is 0 Å². The van der Waals surface area contributed by atoms with E-state index in [0.717, 1.165) is 30.2 Å². The molecule has 0 radical (unpaired) electrons. The van der Waals surface area contributed by atoms with Crippen LogP contribution in [0.15, 0.2) is 24.3 Å². The Kier molecular flexibility index (Phi) is 4.35. The SMILES string of the molecule is C[C@H](c1ccc(C=O)cc1)[C@@H]1[C@H]2CC[C@@H]3C[C@@H]4CCC5(CCCC5)[C@H]4N[C@H]3[C@@H]2[C@@]2(O)CN12. The second-order valence-corrected chi connectivity index (χ2v) is 12.4. The number of hydrogen-bond acceptors (Lipinski definition) is 4. The summed E-state index contributed by atoms with van der Waals surface area (Å²) in [6.45, 7) is 3.18. The highest BCUT2D eigenvalue weighted by molar-refractivity contribution is 5.74. The van der Waals surface area contributed by atoms with Crippen LogP contribution in [0.25, 0.3) is 0 Å². The lowest BCUT2D eigenvalue weighted by Gasteiger charge is -2.52. The predicted molar refractivity (Wildman–Crippen MR) is 124 cm³/mol. The Bertz CT molecular complexity index is 909. The van der Waals surface area contributed by atoms with Gasteiger partial charge in [-0.05, 0) is 79.6 Å². The lowest BCUT2D eigenvalue weighted by atomic mass is 9.60. The molecule has 3 saturated carbocycles. The van der Waals surface area contributed by atoms with E-state index < -0.39 is 5.72 Å². The lowest BCUT2D eigenvalue weighted by Crippen LogP contribution is -2.62. The summed E-state index contributed by atoms with van der Waals surface area (Å²) in [5.41, 5.74) is 2.03. The van der Waals surface area contributed by atoms with Crippen LogP contribution in [0.1, 0.15) is 86.6 Å². The van der Waals surface area contributed by atoms with E-state index in [0.29, 0.717) is 41.3 Å². The van der Waals surface area contributed by atoms with E-state index in [9.17, 15) is 9.90 Å². The highest BCUT2D eigenvalue weighted by Crippen LogP contribution is 2.64. The van der Waals surface area contributed by atoms with Gasteiger partial charge in [0.15, 0.2) is 0 Å². The molecule has 2 N–H and O–H groups in total. The number of fused-ring (bicyclic) bond motifs is 7. The smallest absolute Gasteiger partial charge is 0.150 e. The summed E-state index contributed by atoms with van der Waals surface area (Å²) in [4.78, 5) is 13.5. The first kappa shape index (κ1) is 20.2. The zero-order valence-corrected chi connectivity index (χ0v) is 19.4. The summed E-state index contributed by atoms with van der Waals surface area (Å²) < 4.78 is 0. The third-order valence-electron chi connectivity index (χ3n) is 11.2. The molecular formula is C28H38N2O2. The van der Waals surface area contributed by atoms with E-state index in [-0.39, 0.29) is 0 Å². The monoisotopic (exact) mass is 434 g/mol. The highest BCUT2D eigenvalue weighted by Gasteiger charge is 2.73. The zero-order valence-electron chi connectivity index (χ0n) is 19.4. The van der Waals surface area contributed by atoms with Gasteiger partial charge in [-0.1, -0.05) is 44.0 Å². The third kappa shape index (κ3) is 2.63. The van der Waals surface area contributed by atoms with Crippen molar-refractivity contribution in [3.05, 3.63) is 35.4 Å². The van der Waals surface area contributed by atoms with Crippen molar-refractivity contribution in [3.8, 4) is 0 Å². The summed E-state index contributed by atoms with van der Waals surface area (Å²) >= 11 is 0. The topological polar surface area (TPSA) is 52.3 Å². The van der Waals surface area contributed by atoms with Gasteiger partial charge in [-0.25, -0.2) is 0 Å². The number of piperidine rings is 2. The molecule has 3 saturated heterocycles. The number of hydrogen-bond donors (Lipinski definition) is 2. The number of carbonyl (C=O) groups excluding carboxylic acids is 1. The summed E-state index contributed by atoms with van der Waals surface area (Å²) in [5.74, 6) is 2.95. The predicted octanol–water partition coefficient (Wildman–Crippen LogP) is 4.33. The molecule has 1 unspecified atom stereocenters.